The fraction of sp³-hybridized carbons (Fsp3) is 0.261. The zero-order valence-corrected chi connectivity index (χ0v) is 17.6. The number of rotatable bonds is 6. The van der Waals surface area contributed by atoms with Gasteiger partial charge in [-0.2, -0.15) is 0 Å². The van der Waals surface area contributed by atoms with Gasteiger partial charge in [0.25, 0.3) is 11.8 Å². The number of hydrogen-bond donors (Lipinski definition) is 1. The van der Waals surface area contributed by atoms with Crippen LogP contribution in [-0.2, 0) is 6.54 Å². The summed E-state index contributed by atoms with van der Waals surface area (Å²) in [6.45, 7) is 2.08. The summed E-state index contributed by atoms with van der Waals surface area (Å²) in [5.74, 6) is 1.08. The number of amides is 1. The Morgan fingerprint density at radius 2 is 1.81 bits per heavy atom. The Bertz CT molecular complexity index is 1060. The Morgan fingerprint density at radius 3 is 2.55 bits per heavy atom. The molecule has 0 saturated carbocycles. The van der Waals surface area contributed by atoms with E-state index in [4.69, 9.17) is 16.3 Å². The van der Waals surface area contributed by atoms with Crippen LogP contribution >= 0.6 is 11.6 Å². The molecule has 6 nitrogen and oxygen atoms in total. The first-order valence-corrected chi connectivity index (χ1v) is 10.5. The molecule has 0 aliphatic carbocycles. The Kier molecular flexibility index (Phi) is 6.62. The van der Waals surface area contributed by atoms with Crippen molar-refractivity contribution in [2.45, 2.75) is 25.8 Å². The van der Waals surface area contributed by atoms with Crippen LogP contribution in [0.3, 0.4) is 0 Å². The van der Waals surface area contributed by atoms with Crippen LogP contribution < -0.4 is 15.0 Å². The molecule has 0 radical (unpaired) electrons. The fourth-order valence-corrected chi connectivity index (χ4v) is 3.68. The molecule has 8 heteroatoms. The monoisotopic (exact) mass is 440 g/mol. The summed E-state index contributed by atoms with van der Waals surface area (Å²) in [5, 5.41) is 3.06. The van der Waals surface area contributed by atoms with Crippen molar-refractivity contribution in [2.75, 3.05) is 18.0 Å². The number of carbonyl (C=O) groups excluding carboxylic acids is 1. The molecule has 2 heterocycles. The lowest BCUT2D eigenvalue weighted by atomic mass is 10.1. The standard InChI is InChI=1S/C23H22ClFN4O2/c24-20-14-18(25)7-4-17(20)15-28-22(30)16-5-8-19(9-6-16)31-23-21(26-10-11-27-23)29-12-2-1-3-13-29/h4-11,14H,1-3,12-13,15H2,(H,28,30). The van der Waals surface area contributed by atoms with Crippen molar-refractivity contribution in [1.29, 1.82) is 0 Å². The van der Waals surface area contributed by atoms with E-state index in [1.54, 1.807) is 42.7 Å². The highest BCUT2D eigenvalue weighted by Crippen LogP contribution is 2.29. The first-order chi connectivity index (χ1) is 15.1. The minimum Gasteiger partial charge on any atom is -0.436 e. The second kappa shape index (κ2) is 9.75. The maximum atomic E-state index is 13.1. The summed E-state index contributed by atoms with van der Waals surface area (Å²) in [6.07, 6.45) is 6.75. The summed E-state index contributed by atoms with van der Waals surface area (Å²) in [4.78, 5) is 23.4. The molecule has 0 unspecified atom stereocenters. The van der Waals surface area contributed by atoms with Crippen molar-refractivity contribution in [3.8, 4) is 11.6 Å². The second-order valence-electron chi connectivity index (χ2n) is 7.28. The molecule has 1 aromatic heterocycles. The second-order valence-corrected chi connectivity index (χ2v) is 7.68. The van der Waals surface area contributed by atoms with E-state index >= 15 is 0 Å². The highest BCUT2D eigenvalue weighted by Gasteiger charge is 2.18. The molecule has 1 aliphatic rings. The quantitative estimate of drug-likeness (QED) is 0.585. The van der Waals surface area contributed by atoms with Gasteiger partial charge in [-0.3, -0.25) is 4.79 Å². The Labute approximate surface area is 185 Å². The van der Waals surface area contributed by atoms with Crippen LogP contribution in [0, 0.1) is 5.82 Å². The van der Waals surface area contributed by atoms with Crippen molar-refractivity contribution in [3.63, 3.8) is 0 Å². The summed E-state index contributed by atoms with van der Waals surface area (Å²) in [6, 6.07) is 10.9. The van der Waals surface area contributed by atoms with Crippen LogP contribution in [0.1, 0.15) is 35.2 Å². The molecule has 1 fully saturated rings. The van der Waals surface area contributed by atoms with Crippen LogP contribution in [0.2, 0.25) is 5.02 Å². The molecular weight excluding hydrogens is 419 g/mol. The number of benzene rings is 2. The van der Waals surface area contributed by atoms with Gasteiger partial charge in [0.05, 0.1) is 0 Å². The molecular formula is C23H22ClFN4O2. The zero-order chi connectivity index (χ0) is 21.6. The van der Waals surface area contributed by atoms with Gasteiger partial charge in [-0.05, 0) is 61.2 Å². The number of hydrogen-bond acceptors (Lipinski definition) is 5. The number of halogens is 2. The first kappa shape index (κ1) is 21.1. The van der Waals surface area contributed by atoms with Crippen molar-refractivity contribution in [3.05, 3.63) is 76.8 Å². The maximum absolute atomic E-state index is 13.1. The molecule has 1 aliphatic heterocycles. The number of ether oxygens (including phenoxy) is 1. The normalized spacial score (nSPS) is 13.7. The minimum absolute atomic E-state index is 0.203. The lowest BCUT2D eigenvalue weighted by Crippen LogP contribution is -2.30. The van der Waals surface area contributed by atoms with Gasteiger partial charge in [0.15, 0.2) is 5.82 Å². The summed E-state index contributed by atoms with van der Waals surface area (Å²) in [5.41, 5.74) is 1.12. The highest BCUT2D eigenvalue weighted by molar-refractivity contribution is 6.31. The third kappa shape index (κ3) is 5.30. The van der Waals surface area contributed by atoms with E-state index in [9.17, 15) is 9.18 Å². The molecule has 1 amide bonds. The van der Waals surface area contributed by atoms with Crippen LogP contribution in [-0.4, -0.2) is 29.0 Å². The molecule has 0 atom stereocenters. The average molecular weight is 441 g/mol. The smallest absolute Gasteiger partial charge is 0.263 e. The number of piperidine rings is 1. The summed E-state index contributed by atoms with van der Waals surface area (Å²) < 4.78 is 19.1. The third-order valence-electron chi connectivity index (χ3n) is 5.09. The van der Waals surface area contributed by atoms with E-state index in [1.165, 1.54) is 18.6 Å². The lowest BCUT2D eigenvalue weighted by molar-refractivity contribution is 0.0951. The number of anilines is 1. The molecule has 31 heavy (non-hydrogen) atoms. The van der Waals surface area contributed by atoms with Crippen molar-refractivity contribution in [1.82, 2.24) is 15.3 Å². The van der Waals surface area contributed by atoms with Gasteiger partial charge in [-0.25, -0.2) is 14.4 Å². The molecule has 4 rings (SSSR count). The third-order valence-corrected chi connectivity index (χ3v) is 5.44. The fourth-order valence-electron chi connectivity index (χ4n) is 3.44. The van der Waals surface area contributed by atoms with Crippen LogP contribution in [0.15, 0.2) is 54.9 Å². The van der Waals surface area contributed by atoms with Gasteiger partial charge in [0.1, 0.15) is 11.6 Å². The van der Waals surface area contributed by atoms with E-state index in [-0.39, 0.29) is 17.5 Å². The Morgan fingerprint density at radius 1 is 1.06 bits per heavy atom. The molecule has 160 valence electrons. The summed E-state index contributed by atoms with van der Waals surface area (Å²) in [7, 11) is 0. The van der Waals surface area contributed by atoms with Crippen molar-refractivity contribution in [2.24, 2.45) is 0 Å². The van der Waals surface area contributed by atoms with Crippen molar-refractivity contribution >= 4 is 23.3 Å². The largest absolute Gasteiger partial charge is 0.436 e. The molecule has 3 aromatic rings. The molecule has 1 N–H and O–H groups in total. The van der Waals surface area contributed by atoms with Gasteiger partial charge in [-0.15, -0.1) is 0 Å². The predicted molar refractivity (Wildman–Crippen MR) is 117 cm³/mol. The first-order valence-electron chi connectivity index (χ1n) is 10.2. The Balaban J connectivity index is 1.40. The molecule has 0 spiro atoms. The number of nitrogens with zero attached hydrogens (tertiary/aromatic N) is 3. The van der Waals surface area contributed by atoms with E-state index in [2.05, 4.69) is 20.2 Å². The number of aromatic nitrogens is 2. The number of nitrogens with one attached hydrogen (secondary N) is 1. The van der Waals surface area contributed by atoms with Gasteiger partial charge >= 0.3 is 0 Å². The SMILES string of the molecule is O=C(NCc1ccc(F)cc1Cl)c1ccc(Oc2nccnc2N2CCCCC2)cc1. The van der Waals surface area contributed by atoms with Gasteiger partial charge < -0.3 is 15.0 Å². The topological polar surface area (TPSA) is 67.3 Å². The van der Waals surface area contributed by atoms with Crippen LogP contribution in [0.25, 0.3) is 0 Å². The van der Waals surface area contributed by atoms with E-state index < -0.39 is 5.82 Å². The van der Waals surface area contributed by atoms with Crippen LogP contribution in [0.4, 0.5) is 10.2 Å². The molecule has 0 bridgehead atoms. The van der Waals surface area contributed by atoms with Gasteiger partial charge in [0.2, 0.25) is 0 Å². The van der Waals surface area contributed by atoms with E-state index in [1.807, 2.05) is 0 Å². The minimum atomic E-state index is -0.415. The van der Waals surface area contributed by atoms with E-state index in [0.717, 1.165) is 31.7 Å². The number of carbonyl (C=O) groups is 1. The average Bonchev–Trinajstić information content (AvgIpc) is 2.80. The Hall–Kier alpha value is -3.19. The summed E-state index contributed by atoms with van der Waals surface area (Å²) >= 11 is 6.00. The van der Waals surface area contributed by atoms with Gasteiger partial charge in [-0.1, -0.05) is 17.7 Å². The highest BCUT2D eigenvalue weighted by atomic mass is 35.5. The van der Waals surface area contributed by atoms with Crippen LogP contribution in [0.5, 0.6) is 11.6 Å². The van der Waals surface area contributed by atoms with Gasteiger partial charge in [0, 0.05) is 42.6 Å². The lowest BCUT2D eigenvalue weighted by Gasteiger charge is -2.28. The molecule has 2 aromatic carbocycles. The maximum Gasteiger partial charge on any atom is 0.263 e. The van der Waals surface area contributed by atoms with E-state index in [0.29, 0.717) is 22.8 Å². The molecule has 1 saturated heterocycles. The van der Waals surface area contributed by atoms with Crippen molar-refractivity contribution < 1.29 is 13.9 Å². The predicted octanol–water partition coefficient (Wildman–Crippen LogP) is 4.98. The zero-order valence-electron chi connectivity index (χ0n) is 16.9.